The molecule has 3 aromatic heterocycles. The number of nitrogen functional groups attached to an aromatic ring is 1. The fourth-order valence-electron chi connectivity index (χ4n) is 4.37. The molecule has 1 saturated heterocycles. The fraction of sp³-hybridized carbons (Fsp3) is 0.286. The van der Waals surface area contributed by atoms with Gasteiger partial charge in [-0.3, -0.25) is 9.59 Å². The minimum Gasteiger partial charge on any atom is -0.378 e. The summed E-state index contributed by atoms with van der Waals surface area (Å²) in [6.07, 6.45) is 8.84. The molecule has 11 nitrogen and oxygen atoms in total. The molecule has 39 heavy (non-hydrogen) atoms. The minimum atomic E-state index is -0.153. The molecule has 0 atom stereocenters. The first-order chi connectivity index (χ1) is 19.0. The van der Waals surface area contributed by atoms with E-state index >= 15 is 0 Å². The largest absolute Gasteiger partial charge is 0.378 e. The zero-order chi connectivity index (χ0) is 27.2. The second-order valence-corrected chi connectivity index (χ2v) is 9.13. The molecule has 1 fully saturated rings. The predicted octanol–water partition coefficient (Wildman–Crippen LogP) is 2.84. The van der Waals surface area contributed by atoms with Gasteiger partial charge in [0.25, 0.3) is 0 Å². The number of ether oxygens (including phenoxy) is 1. The predicted molar refractivity (Wildman–Crippen MR) is 148 cm³/mol. The van der Waals surface area contributed by atoms with Crippen molar-refractivity contribution in [1.82, 2.24) is 29.8 Å². The van der Waals surface area contributed by atoms with Gasteiger partial charge in [-0.05, 0) is 36.8 Å². The van der Waals surface area contributed by atoms with E-state index in [0.717, 1.165) is 33.5 Å². The third-order valence-electron chi connectivity index (χ3n) is 6.43. The van der Waals surface area contributed by atoms with Crippen LogP contribution in [-0.4, -0.2) is 62.5 Å². The second kappa shape index (κ2) is 11.8. The highest BCUT2D eigenvalue weighted by Crippen LogP contribution is 2.30. The zero-order valence-corrected chi connectivity index (χ0v) is 21.7. The van der Waals surface area contributed by atoms with Crippen LogP contribution in [0.5, 0.6) is 0 Å². The van der Waals surface area contributed by atoms with E-state index in [1.807, 2.05) is 41.1 Å². The molecule has 0 aliphatic carbocycles. The summed E-state index contributed by atoms with van der Waals surface area (Å²) >= 11 is 0. The van der Waals surface area contributed by atoms with Crippen LogP contribution in [0.3, 0.4) is 0 Å². The molecule has 200 valence electrons. The monoisotopic (exact) mass is 526 g/mol. The van der Waals surface area contributed by atoms with Crippen molar-refractivity contribution >= 4 is 34.6 Å². The summed E-state index contributed by atoms with van der Waals surface area (Å²) in [5.41, 5.74) is 9.82. The Kier molecular flexibility index (Phi) is 7.88. The molecule has 1 aromatic carbocycles. The maximum absolute atomic E-state index is 12.1. The number of nitrogens with zero attached hydrogens (tertiary/aromatic N) is 6. The summed E-state index contributed by atoms with van der Waals surface area (Å²) in [5.74, 6) is 0.613. The molecule has 0 saturated carbocycles. The molecule has 1 aliphatic heterocycles. The topological polar surface area (TPSA) is 141 Å². The Labute approximate surface area is 225 Å². The Balaban J connectivity index is 1.39. The van der Waals surface area contributed by atoms with E-state index < -0.39 is 0 Å². The van der Waals surface area contributed by atoms with Crippen molar-refractivity contribution in [2.24, 2.45) is 0 Å². The molecular weight excluding hydrogens is 496 g/mol. The lowest BCUT2D eigenvalue weighted by molar-refractivity contribution is -0.124. The number of fused-ring (bicyclic) bond motifs is 1. The van der Waals surface area contributed by atoms with Gasteiger partial charge < -0.3 is 25.3 Å². The summed E-state index contributed by atoms with van der Waals surface area (Å²) in [6, 6.07) is 9.88. The van der Waals surface area contributed by atoms with Crippen LogP contribution in [0.2, 0.25) is 0 Å². The lowest BCUT2D eigenvalue weighted by Gasteiger charge is -2.27. The maximum Gasteiger partial charge on any atom is 0.228 e. The number of aromatic nitrogens is 5. The Morgan fingerprint density at radius 2 is 1.79 bits per heavy atom. The molecule has 0 spiro atoms. The summed E-state index contributed by atoms with van der Waals surface area (Å²) < 4.78 is 7.53. The van der Waals surface area contributed by atoms with Gasteiger partial charge in [0.1, 0.15) is 0 Å². The molecule has 1 amide bonds. The maximum atomic E-state index is 12.1. The normalized spacial score (nSPS) is 13.7. The molecule has 4 aromatic rings. The van der Waals surface area contributed by atoms with Crippen LogP contribution >= 0.6 is 0 Å². The van der Waals surface area contributed by atoms with E-state index in [2.05, 4.69) is 20.2 Å². The first kappa shape index (κ1) is 26.0. The molecule has 0 bridgehead atoms. The van der Waals surface area contributed by atoms with E-state index in [4.69, 9.17) is 20.4 Å². The number of rotatable bonds is 9. The van der Waals surface area contributed by atoms with Crippen molar-refractivity contribution < 1.29 is 14.3 Å². The summed E-state index contributed by atoms with van der Waals surface area (Å²) in [4.78, 5) is 44.0. The van der Waals surface area contributed by atoms with E-state index in [9.17, 15) is 9.59 Å². The van der Waals surface area contributed by atoms with Crippen LogP contribution in [0, 0.1) is 0 Å². The van der Waals surface area contributed by atoms with Gasteiger partial charge in [-0.15, -0.1) is 0 Å². The Bertz CT molecular complexity index is 1490. The van der Waals surface area contributed by atoms with Crippen molar-refractivity contribution in [3.05, 3.63) is 66.6 Å². The summed E-state index contributed by atoms with van der Waals surface area (Å²) in [7, 11) is 0. The molecule has 11 heteroatoms. The molecule has 5 rings (SSSR count). The van der Waals surface area contributed by atoms with Crippen LogP contribution in [0.15, 0.2) is 61.1 Å². The number of carbonyl (C=O) groups excluding carboxylic acids is 2. The average Bonchev–Trinajstić information content (AvgIpc) is 3.40. The van der Waals surface area contributed by atoms with E-state index in [1.54, 1.807) is 25.4 Å². The van der Waals surface area contributed by atoms with Crippen LogP contribution in [0.25, 0.3) is 28.0 Å². The third-order valence-corrected chi connectivity index (χ3v) is 6.43. The highest BCUT2D eigenvalue weighted by Gasteiger charge is 2.20. The SMILES string of the molecule is CC=CC(=O)CCC(=O)NCc1ccc(-n2ccc3c(-c4cnc(N)nc4)nc(N4CCOCC4)nc32)cc1. The van der Waals surface area contributed by atoms with Crippen molar-refractivity contribution in [1.29, 1.82) is 0 Å². The second-order valence-electron chi connectivity index (χ2n) is 9.13. The zero-order valence-electron chi connectivity index (χ0n) is 21.7. The van der Waals surface area contributed by atoms with Gasteiger partial charge >= 0.3 is 0 Å². The Morgan fingerprint density at radius 3 is 2.51 bits per heavy atom. The first-order valence-corrected chi connectivity index (χ1v) is 12.8. The number of amides is 1. The van der Waals surface area contributed by atoms with Gasteiger partial charge in [0.05, 0.1) is 18.9 Å². The number of nitrogens with two attached hydrogens (primary N) is 1. The van der Waals surface area contributed by atoms with Crippen LogP contribution in [-0.2, 0) is 20.9 Å². The highest BCUT2D eigenvalue weighted by atomic mass is 16.5. The average molecular weight is 527 g/mol. The number of hydrogen-bond acceptors (Lipinski definition) is 9. The number of ketones is 1. The number of hydrogen-bond donors (Lipinski definition) is 2. The lowest BCUT2D eigenvalue weighted by atomic mass is 10.1. The number of carbonyl (C=O) groups is 2. The number of anilines is 2. The van der Waals surface area contributed by atoms with Gasteiger partial charge in [0.2, 0.25) is 17.8 Å². The molecule has 0 radical (unpaired) electrons. The van der Waals surface area contributed by atoms with Crippen LogP contribution in [0.4, 0.5) is 11.9 Å². The molecular formula is C28H30N8O3. The van der Waals surface area contributed by atoms with E-state index in [1.165, 1.54) is 6.08 Å². The smallest absolute Gasteiger partial charge is 0.228 e. The molecule has 4 heterocycles. The summed E-state index contributed by atoms with van der Waals surface area (Å²) in [5, 5.41) is 3.74. The number of nitrogens with one attached hydrogen (secondary N) is 1. The van der Waals surface area contributed by atoms with Gasteiger partial charge in [-0.25, -0.2) is 15.0 Å². The van der Waals surface area contributed by atoms with Crippen LogP contribution < -0.4 is 16.0 Å². The van der Waals surface area contributed by atoms with E-state index in [-0.39, 0.29) is 30.5 Å². The fourth-order valence-corrected chi connectivity index (χ4v) is 4.37. The molecule has 3 N–H and O–H groups in total. The number of morpholine rings is 1. The van der Waals surface area contributed by atoms with Crippen molar-refractivity contribution in [2.45, 2.75) is 26.3 Å². The summed E-state index contributed by atoms with van der Waals surface area (Å²) in [6.45, 7) is 4.80. The number of allylic oxidation sites excluding steroid dienone is 2. The quantitative estimate of drug-likeness (QED) is 0.315. The first-order valence-electron chi connectivity index (χ1n) is 12.8. The minimum absolute atomic E-state index is 0.0522. The van der Waals surface area contributed by atoms with E-state index in [0.29, 0.717) is 38.8 Å². The Hall–Kier alpha value is -4.64. The van der Waals surface area contributed by atoms with Gasteiger partial charge in [0.15, 0.2) is 11.4 Å². The van der Waals surface area contributed by atoms with Gasteiger partial charge in [-0.1, -0.05) is 18.2 Å². The van der Waals surface area contributed by atoms with Gasteiger partial charge in [0, 0.05) is 67.7 Å². The number of benzene rings is 1. The van der Waals surface area contributed by atoms with Crippen molar-refractivity contribution in [3.63, 3.8) is 0 Å². The third kappa shape index (κ3) is 6.10. The molecule has 1 aliphatic rings. The highest BCUT2D eigenvalue weighted by molar-refractivity contribution is 5.93. The molecule has 0 unspecified atom stereocenters. The van der Waals surface area contributed by atoms with Crippen molar-refractivity contribution in [3.8, 4) is 16.9 Å². The standard InChI is InChI=1S/C28H30N8O3/c1-2-3-22(37)8-9-24(38)30-16-19-4-6-21(7-5-19)36-11-10-23-25(20-17-31-27(29)32-18-20)33-28(34-26(23)36)35-12-14-39-15-13-35/h2-7,10-11,17-18H,8-9,12-16H2,1H3,(H,30,38)(H2,29,31,32). The van der Waals surface area contributed by atoms with Crippen LogP contribution in [0.1, 0.15) is 25.3 Å². The lowest BCUT2D eigenvalue weighted by Crippen LogP contribution is -2.37. The van der Waals surface area contributed by atoms with Crippen molar-refractivity contribution in [2.75, 3.05) is 36.9 Å². The van der Waals surface area contributed by atoms with Gasteiger partial charge in [-0.2, -0.15) is 4.98 Å². The Morgan fingerprint density at radius 1 is 1.05 bits per heavy atom.